The molecule has 0 saturated carbocycles. The molecule has 0 spiro atoms. The summed E-state index contributed by atoms with van der Waals surface area (Å²) in [5, 5.41) is 17.8. The van der Waals surface area contributed by atoms with Gasteiger partial charge in [-0.25, -0.2) is 4.79 Å². The lowest BCUT2D eigenvalue weighted by Gasteiger charge is -2.42. The van der Waals surface area contributed by atoms with Crippen LogP contribution in [0.3, 0.4) is 0 Å². The summed E-state index contributed by atoms with van der Waals surface area (Å²) in [5.74, 6) is -0.678. The summed E-state index contributed by atoms with van der Waals surface area (Å²) >= 11 is 12.2. The van der Waals surface area contributed by atoms with Crippen LogP contribution in [0.25, 0.3) is 0 Å². The summed E-state index contributed by atoms with van der Waals surface area (Å²) in [6, 6.07) is 10.5. The molecule has 164 valence electrons. The molecule has 3 N–H and O–H groups in total. The number of halogens is 2. The fourth-order valence-electron chi connectivity index (χ4n) is 4.12. The van der Waals surface area contributed by atoms with Crippen molar-refractivity contribution in [1.82, 2.24) is 10.2 Å². The Hall–Kier alpha value is -2.32. The van der Waals surface area contributed by atoms with E-state index in [9.17, 15) is 14.7 Å². The second-order valence-corrected chi connectivity index (χ2v) is 8.55. The monoisotopic (exact) mass is 462 g/mol. The maximum atomic E-state index is 13.3. The molecule has 31 heavy (non-hydrogen) atoms. The number of hydrogen-bond donors (Lipinski definition) is 3. The van der Waals surface area contributed by atoms with Gasteiger partial charge in [-0.3, -0.25) is 9.69 Å². The number of likely N-dealkylation sites (tertiary alicyclic amines) is 1. The van der Waals surface area contributed by atoms with Gasteiger partial charge in [0.1, 0.15) is 0 Å². The van der Waals surface area contributed by atoms with Crippen LogP contribution in [0.15, 0.2) is 42.5 Å². The van der Waals surface area contributed by atoms with Crippen LogP contribution in [0.5, 0.6) is 0 Å². The molecule has 7 nitrogen and oxygen atoms in total. The minimum atomic E-state index is -2.25. The molecule has 0 aliphatic carbocycles. The van der Waals surface area contributed by atoms with Crippen LogP contribution in [0.1, 0.15) is 24.8 Å². The molecule has 3 amide bonds. The zero-order valence-corrected chi connectivity index (χ0v) is 18.4. The van der Waals surface area contributed by atoms with Gasteiger partial charge in [-0.15, -0.1) is 0 Å². The van der Waals surface area contributed by atoms with Crippen molar-refractivity contribution in [3.05, 3.63) is 58.1 Å². The quantitative estimate of drug-likeness (QED) is 0.570. The molecule has 2 aromatic carbocycles. The van der Waals surface area contributed by atoms with Crippen LogP contribution >= 0.6 is 23.2 Å². The number of para-hydroxylation sites is 1. The van der Waals surface area contributed by atoms with Gasteiger partial charge in [0.15, 0.2) is 0 Å². The summed E-state index contributed by atoms with van der Waals surface area (Å²) in [6.45, 7) is 3.43. The molecule has 1 atom stereocenters. The number of amides is 3. The number of nitrogens with zero attached hydrogens (tertiary/aromatic N) is 2. The largest absolute Gasteiger partial charge is 0.359 e. The van der Waals surface area contributed by atoms with E-state index in [-0.39, 0.29) is 16.3 Å². The Labute approximate surface area is 190 Å². The van der Waals surface area contributed by atoms with E-state index in [1.165, 1.54) is 31.0 Å². The third-order valence-electron chi connectivity index (χ3n) is 5.68. The number of rotatable bonds is 6. The number of fused-ring (bicyclic) bond motifs is 1. The summed E-state index contributed by atoms with van der Waals surface area (Å²) in [7, 11) is 0. The third-order valence-corrected chi connectivity index (χ3v) is 6.42. The molecule has 0 unspecified atom stereocenters. The Kier molecular flexibility index (Phi) is 6.39. The topological polar surface area (TPSA) is 84.9 Å². The number of carbonyl (C=O) groups is 2. The Bertz CT molecular complexity index is 996. The molecule has 0 bridgehead atoms. The van der Waals surface area contributed by atoms with E-state index >= 15 is 0 Å². The molecular formula is C22H24Cl2N4O3. The van der Waals surface area contributed by atoms with Crippen molar-refractivity contribution in [1.29, 1.82) is 0 Å². The van der Waals surface area contributed by atoms with Gasteiger partial charge in [0, 0.05) is 12.1 Å². The third kappa shape index (κ3) is 4.23. The lowest BCUT2D eigenvalue weighted by molar-refractivity contribution is -0.140. The van der Waals surface area contributed by atoms with Gasteiger partial charge in [-0.1, -0.05) is 41.4 Å². The average molecular weight is 463 g/mol. The first-order valence-corrected chi connectivity index (χ1v) is 11.1. The Balaban J connectivity index is 1.62. The van der Waals surface area contributed by atoms with Crippen LogP contribution in [-0.4, -0.2) is 48.1 Å². The summed E-state index contributed by atoms with van der Waals surface area (Å²) in [5.41, 5.74) is -1.35. The van der Waals surface area contributed by atoms with Crippen LogP contribution < -0.4 is 15.5 Å². The molecule has 2 aliphatic rings. The van der Waals surface area contributed by atoms with Crippen molar-refractivity contribution in [3.63, 3.8) is 0 Å². The number of hydrogen-bond acceptors (Lipinski definition) is 4. The molecule has 2 aliphatic heterocycles. The molecular weight excluding hydrogens is 439 g/mol. The first-order valence-electron chi connectivity index (χ1n) is 10.3. The maximum Gasteiger partial charge on any atom is 0.329 e. The van der Waals surface area contributed by atoms with Crippen LogP contribution in [-0.2, 0) is 10.5 Å². The highest BCUT2D eigenvalue weighted by molar-refractivity contribution is 6.42. The Morgan fingerprint density at radius 2 is 1.87 bits per heavy atom. The number of carbonyl (C=O) groups excluding carboxylic acids is 2. The molecule has 0 aromatic heterocycles. The fourth-order valence-corrected chi connectivity index (χ4v) is 4.41. The predicted octanol–water partition coefficient (Wildman–Crippen LogP) is 3.79. The molecule has 0 radical (unpaired) electrons. The predicted molar refractivity (Wildman–Crippen MR) is 122 cm³/mol. The van der Waals surface area contributed by atoms with Crippen LogP contribution in [0, 0.1) is 0 Å². The van der Waals surface area contributed by atoms with Crippen LogP contribution in [0.2, 0.25) is 10.0 Å². The molecule has 2 aromatic rings. The van der Waals surface area contributed by atoms with E-state index in [1.54, 1.807) is 24.3 Å². The minimum Gasteiger partial charge on any atom is -0.359 e. The standard InChI is InChI=1S/C22H24Cl2N4O3/c23-17-9-8-15(14-18(17)24)28-21(30)26-19-7-2-1-6-16(19)22(28,31)20(29)25-10-5-13-27-11-3-4-12-27/h1-2,6-9,14,31H,3-5,10-13H2,(H,25,29)(H,26,30)/t22-/m0/s1. The average Bonchev–Trinajstić information content (AvgIpc) is 3.27. The van der Waals surface area contributed by atoms with Crippen molar-refractivity contribution < 1.29 is 14.7 Å². The Morgan fingerprint density at radius 3 is 2.61 bits per heavy atom. The molecule has 2 heterocycles. The Morgan fingerprint density at radius 1 is 1.13 bits per heavy atom. The van der Waals surface area contributed by atoms with E-state index in [4.69, 9.17) is 23.2 Å². The van der Waals surface area contributed by atoms with Crippen molar-refractivity contribution in [3.8, 4) is 0 Å². The number of benzene rings is 2. The van der Waals surface area contributed by atoms with Crippen molar-refractivity contribution in [2.75, 3.05) is 36.4 Å². The van der Waals surface area contributed by atoms with Gasteiger partial charge in [0.05, 0.1) is 21.4 Å². The van der Waals surface area contributed by atoms with Gasteiger partial charge in [-0.2, -0.15) is 0 Å². The summed E-state index contributed by atoms with van der Waals surface area (Å²) < 4.78 is 0. The zero-order chi connectivity index (χ0) is 22.0. The highest BCUT2D eigenvalue weighted by Crippen LogP contribution is 2.41. The minimum absolute atomic E-state index is 0.208. The molecule has 4 rings (SSSR count). The van der Waals surface area contributed by atoms with Gasteiger partial charge < -0.3 is 20.6 Å². The SMILES string of the molecule is O=C1Nc2ccccc2[C@](O)(C(=O)NCCCN2CCCC2)N1c1ccc(Cl)c(Cl)c1. The number of anilines is 2. The van der Waals surface area contributed by atoms with Gasteiger partial charge in [0.25, 0.3) is 11.6 Å². The summed E-state index contributed by atoms with van der Waals surface area (Å²) in [6.07, 6.45) is 3.16. The zero-order valence-electron chi connectivity index (χ0n) is 16.9. The molecule has 9 heteroatoms. The van der Waals surface area contributed by atoms with E-state index in [0.717, 1.165) is 31.0 Å². The highest BCUT2D eigenvalue weighted by atomic mass is 35.5. The van der Waals surface area contributed by atoms with Crippen molar-refractivity contribution >= 4 is 46.5 Å². The molecule has 1 fully saturated rings. The van der Waals surface area contributed by atoms with Crippen molar-refractivity contribution in [2.45, 2.75) is 25.0 Å². The maximum absolute atomic E-state index is 13.3. The fraction of sp³-hybridized carbons (Fsp3) is 0.364. The highest BCUT2D eigenvalue weighted by Gasteiger charge is 2.51. The normalized spacial score (nSPS) is 21.0. The lowest BCUT2D eigenvalue weighted by Crippen LogP contribution is -2.62. The first kappa shape index (κ1) is 21.9. The number of nitrogens with one attached hydrogen (secondary N) is 2. The van der Waals surface area contributed by atoms with Crippen molar-refractivity contribution in [2.24, 2.45) is 0 Å². The second kappa shape index (κ2) is 9.04. The second-order valence-electron chi connectivity index (χ2n) is 7.74. The van der Waals surface area contributed by atoms with Gasteiger partial charge >= 0.3 is 6.03 Å². The van der Waals surface area contributed by atoms with E-state index in [2.05, 4.69) is 15.5 Å². The van der Waals surface area contributed by atoms with E-state index in [1.807, 2.05) is 0 Å². The van der Waals surface area contributed by atoms with Crippen LogP contribution in [0.4, 0.5) is 16.2 Å². The number of urea groups is 1. The number of aliphatic hydroxyl groups is 1. The smallest absolute Gasteiger partial charge is 0.329 e. The lowest BCUT2D eigenvalue weighted by atomic mass is 9.94. The summed E-state index contributed by atoms with van der Waals surface area (Å²) in [4.78, 5) is 29.6. The first-order chi connectivity index (χ1) is 14.9. The van der Waals surface area contributed by atoms with E-state index in [0.29, 0.717) is 17.3 Å². The van der Waals surface area contributed by atoms with Gasteiger partial charge in [-0.05, 0) is 63.2 Å². The van der Waals surface area contributed by atoms with E-state index < -0.39 is 17.7 Å². The van der Waals surface area contributed by atoms with Gasteiger partial charge in [0.2, 0.25) is 0 Å². The molecule has 1 saturated heterocycles.